The van der Waals surface area contributed by atoms with Crippen LogP contribution in [-0.4, -0.2) is 0 Å². The molecule has 0 bridgehead atoms. The molecular formula is C18H36. The van der Waals surface area contributed by atoms with Crippen LogP contribution in [0.15, 0.2) is 0 Å². The third kappa shape index (κ3) is 4.00. The summed E-state index contributed by atoms with van der Waals surface area (Å²) in [6, 6.07) is 0. The standard InChI is InChI=1S/C18H36/c1-8-9-10-15(3)18(6,7)16-11-14(2)12-17(4,5)13-16/h14-16H,8-13H2,1-7H3. The van der Waals surface area contributed by atoms with Crippen molar-refractivity contribution in [2.45, 2.75) is 87.0 Å². The molecule has 0 N–H and O–H groups in total. The fourth-order valence-corrected chi connectivity index (χ4v) is 4.20. The van der Waals surface area contributed by atoms with Crippen LogP contribution >= 0.6 is 0 Å². The first kappa shape index (κ1) is 16.1. The van der Waals surface area contributed by atoms with Crippen molar-refractivity contribution < 1.29 is 0 Å². The van der Waals surface area contributed by atoms with Crippen molar-refractivity contribution >= 4 is 0 Å². The van der Waals surface area contributed by atoms with Crippen molar-refractivity contribution in [1.29, 1.82) is 0 Å². The fraction of sp³-hybridized carbons (Fsp3) is 1.00. The lowest BCUT2D eigenvalue weighted by Gasteiger charge is -2.48. The average Bonchev–Trinajstić information content (AvgIpc) is 2.22. The number of hydrogen-bond acceptors (Lipinski definition) is 0. The number of rotatable bonds is 5. The molecule has 18 heavy (non-hydrogen) atoms. The van der Waals surface area contributed by atoms with Gasteiger partial charge >= 0.3 is 0 Å². The maximum absolute atomic E-state index is 2.53. The van der Waals surface area contributed by atoms with Crippen LogP contribution in [0, 0.1) is 28.6 Å². The molecule has 108 valence electrons. The fourth-order valence-electron chi connectivity index (χ4n) is 4.20. The minimum Gasteiger partial charge on any atom is -0.0654 e. The highest BCUT2D eigenvalue weighted by molar-refractivity contribution is 4.91. The Balaban J connectivity index is 2.71. The van der Waals surface area contributed by atoms with Gasteiger partial charge in [-0.25, -0.2) is 0 Å². The molecule has 0 amide bonds. The van der Waals surface area contributed by atoms with Crippen LogP contribution in [0.1, 0.15) is 87.0 Å². The van der Waals surface area contributed by atoms with Gasteiger partial charge in [0.1, 0.15) is 0 Å². The van der Waals surface area contributed by atoms with Crippen molar-refractivity contribution in [2.75, 3.05) is 0 Å². The largest absolute Gasteiger partial charge is 0.0654 e. The normalized spacial score (nSPS) is 30.2. The van der Waals surface area contributed by atoms with Gasteiger partial charge in [0, 0.05) is 0 Å². The molecule has 0 heterocycles. The molecule has 0 radical (unpaired) electrons. The van der Waals surface area contributed by atoms with E-state index in [4.69, 9.17) is 0 Å². The second-order valence-electron chi connectivity index (χ2n) is 8.47. The van der Waals surface area contributed by atoms with E-state index < -0.39 is 0 Å². The van der Waals surface area contributed by atoms with E-state index in [1.807, 2.05) is 0 Å². The van der Waals surface area contributed by atoms with Gasteiger partial charge in [0.05, 0.1) is 0 Å². The predicted octanol–water partition coefficient (Wildman–Crippen LogP) is 6.30. The zero-order valence-electron chi connectivity index (χ0n) is 14.0. The smallest absolute Gasteiger partial charge is 0.0300 e. The quantitative estimate of drug-likeness (QED) is 0.538. The summed E-state index contributed by atoms with van der Waals surface area (Å²) >= 11 is 0. The first-order valence-electron chi connectivity index (χ1n) is 8.19. The second kappa shape index (κ2) is 5.97. The SMILES string of the molecule is CCCCC(C)C(C)(C)C1CC(C)CC(C)(C)C1. The summed E-state index contributed by atoms with van der Waals surface area (Å²) in [4.78, 5) is 0. The van der Waals surface area contributed by atoms with Crippen molar-refractivity contribution in [3.05, 3.63) is 0 Å². The molecule has 0 nitrogen and oxygen atoms in total. The molecule has 0 aromatic carbocycles. The number of unbranched alkanes of at least 4 members (excludes halogenated alkanes) is 1. The van der Waals surface area contributed by atoms with E-state index in [0.717, 1.165) is 17.8 Å². The van der Waals surface area contributed by atoms with Crippen LogP contribution in [0.25, 0.3) is 0 Å². The summed E-state index contributed by atoms with van der Waals surface area (Å²) < 4.78 is 0. The topological polar surface area (TPSA) is 0 Å². The summed E-state index contributed by atoms with van der Waals surface area (Å²) in [5.74, 6) is 2.70. The molecule has 0 aromatic heterocycles. The van der Waals surface area contributed by atoms with E-state index in [1.165, 1.54) is 38.5 Å². The maximum atomic E-state index is 2.53. The lowest BCUT2D eigenvalue weighted by Crippen LogP contribution is -2.39. The average molecular weight is 252 g/mol. The van der Waals surface area contributed by atoms with E-state index >= 15 is 0 Å². The Morgan fingerprint density at radius 1 is 1.22 bits per heavy atom. The first-order valence-corrected chi connectivity index (χ1v) is 8.19. The number of hydrogen-bond donors (Lipinski definition) is 0. The van der Waals surface area contributed by atoms with E-state index in [9.17, 15) is 0 Å². The molecule has 0 aromatic rings. The van der Waals surface area contributed by atoms with E-state index in [2.05, 4.69) is 48.5 Å². The zero-order valence-corrected chi connectivity index (χ0v) is 14.0. The van der Waals surface area contributed by atoms with Crippen LogP contribution in [-0.2, 0) is 0 Å². The predicted molar refractivity (Wildman–Crippen MR) is 82.8 cm³/mol. The van der Waals surface area contributed by atoms with Gasteiger partial charge in [-0.1, -0.05) is 67.7 Å². The van der Waals surface area contributed by atoms with Gasteiger partial charge in [0.25, 0.3) is 0 Å². The third-order valence-corrected chi connectivity index (χ3v) is 5.70. The lowest BCUT2D eigenvalue weighted by molar-refractivity contribution is 0.0181. The van der Waals surface area contributed by atoms with Crippen LogP contribution in [0.3, 0.4) is 0 Å². The van der Waals surface area contributed by atoms with Crippen molar-refractivity contribution in [3.63, 3.8) is 0 Å². The lowest BCUT2D eigenvalue weighted by atomic mass is 9.57. The molecule has 1 aliphatic carbocycles. The highest BCUT2D eigenvalue weighted by atomic mass is 14.5. The van der Waals surface area contributed by atoms with E-state index in [1.54, 1.807) is 0 Å². The van der Waals surface area contributed by atoms with Crippen LogP contribution < -0.4 is 0 Å². The molecule has 0 aliphatic heterocycles. The van der Waals surface area contributed by atoms with Gasteiger partial charge < -0.3 is 0 Å². The Morgan fingerprint density at radius 2 is 1.83 bits per heavy atom. The first-order chi connectivity index (χ1) is 8.19. The van der Waals surface area contributed by atoms with Gasteiger partial charge in [-0.2, -0.15) is 0 Å². The van der Waals surface area contributed by atoms with Crippen LogP contribution in [0.5, 0.6) is 0 Å². The Kier molecular flexibility index (Phi) is 5.32. The van der Waals surface area contributed by atoms with Gasteiger partial charge in [0.2, 0.25) is 0 Å². The van der Waals surface area contributed by atoms with Crippen LogP contribution in [0.4, 0.5) is 0 Å². The van der Waals surface area contributed by atoms with Gasteiger partial charge in [0.15, 0.2) is 0 Å². The van der Waals surface area contributed by atoms with Crippen molar-refractivity contribution in [3.8, 4) is 0 Å². The van der Waals surface area contributed by atoms with Gasteiger partial charge in [-0.3, -0.25) is 0 Å². The Bertz CT molecular complexity index is 249. The van der Waals surface area contributed by atoms with Crippen molar-refractivity contribution in [1.82, 2.24) is 0 Å². The summed E-state index contributed by atoms with van der Waals surface area (Å²) in [5.41, 5.74) is 1.07. The molecule has 1 rings (SSSR count). The third-order valence-electron chi connectivity index (χ3n) is 5.70. The van der Waals surface area contributed by atoms with Gasteiger partial charge in [-0.05, 0) is 47.8 Å². The molecule has 3 unspecified atom stereocenters. The summed E-state index contributed by atoms with van der Waals surface area (Å²) in [7, 11) is 0. The van der Waals surface area contributed by atoms with Crippen LogP contribution in [0.2, 0.25) is 0 Å². The summed E-state index contributed by atoms with van der Waals surface area (Å²) in [5, 5.41) is 0. The Hall–Kier alpha value is 0. The molecule has 3 atom stereocenters. The molecule has 0 spiro atoms. The molecule has 1 fully saturated rings. The molecule has 1 saturated carbocycles. The Labute approximate surface area is 116 Å². The minimum atomic E-state index is 0.515. The summed E-state index contributed by atoms with van der Waals surface area (Å²) in [6.45, 7) is 17.3. The highest BCUT2D eigenvalue weighted by Gasteiger charge is 2.41. The molecule has 0 saturated heterocycles. The maximum Gasteiger partial charge on any atom is -0.0300 e. The highest BCUT2D eigenvalue weighted by Crippen LogP contribution is 2.51. The van der Waals surface area contributed by atoms with E-state index in [0.29, 0.717) is 10.8 Å². The molecule has 0 heteroatoms. The van der Waals surface area contributed by atoms with Gasteiger partial charge in [-0.15, -0.1) is 0 Å². The minimum absolute atomic E-state index is 0.515. The van der Waals surface area contributed by atoms with E-state index in [-0.39, 0.29) is 0 Å². The van der Waals surface area contributed by atoms with Crippen molar-refractivity contribution in [2.24, 2.45) is 28.6 Å². The zero-order chi connectivity index (χ0) is 14.0. The molecular weight excluding hydrogens is 216 g/mol. The molecule has 1 aliphatic rings. The Morgan fingerprint density at radius 3 is 2.33 bits per heavy atom. The monoisotopic (exact) mass is 252 g/mol. The second-order valence-corrected chi connectivity index (χ2v) is 8.47. The summed E-state index contributed by atoms with van der Waals surface area (Å²) in [6.07, 6.45) is 8.45.